The molecular weight excluding hydrogens is 449 g/mol. The lowest BCUT2D eigenvalue weighted by Crippen LogP contribution is -2.30. The van der Waals surface area contributed by atoms with E-state index in [1.807, 2.05) is 5.38 Å². The van der Waals surface area contributed by atoms with E-state index in [9.17, 15) is 9.18 Å². The lowest BCUT2D eigenvalue weighted by Gasteiger charge is -2.14. The van der Waals surface area contributed by atoms with Crippen LogP contribution in [-0.4, -0.2) is 48.5 Å². The number of halogens is 1. The summed E-state index contributed by atoms with van der Waals surface area (Å²) in [4.78, 5) is 17.4. The fourth-order valence-electron chi connectivity index (χ4n) is 3.29. The second kappa shape index (κ2) is 9.74. The first-order chi connectivity index (χ1) is 16.0. The van der Waals surface area contributed by atoms with Crippen LogP contribution in [0.15, 0.2) is 41.8 Å². The highest BCUT2D eigenvalue weighted by atomic mass is 32.1. The van der Waals surface area contributed by atoms with Crippen LogP contribution in [0.25, 0.3) is 16.3 Å². The smallest absolute Gasteiger partial charge is 0.319 e. The van der Waals surface area contributed by atoms with Crippen LogP contribution in [0.5, 0.6) is 17.2 Å². The van der Waals surface area contributed by atoms with Crippen LogP contribution in [0.4, 0.5) is 14.9 Å². The standard InChI is InChI=1S/C22H22FN5O4S/c1-30-17-10-13(11-18(31-2)19(17)32-3)25-21(29)24-9-8-14-12-33-22-26-20(27-28(14)22)15-6-4-5-7-16(15)23/h4-7,10-12H,8-9H2,1-3H3,(H2,24,25,29). The maximum absolute atomic E-state index is 14.1. The number of amides is 2. The van der Waals surface area contributed by atoms with Gasteiger partial charge in [-0.15, -0.1) is 16.4 Å². The van der Waals surface area contributed by atoms with Gasteiger partial charge in [0.1, 0.15) is 5.82 Å². The van der Waals surface area contributed by atoms with Crippen molar-refractivity contribution in [1.29, 1.82) is 0 Å². The van der Waals surface area contributed by atoms with Crippen LogP contribution in [0.1, 0.15) is 5.69 Å². The minimum Gasteiger partial charge on any atom is -0.493 e. The molecule has 172 valence electrons. The molecule has 4 aromatic rings. The Morgan fingerprint density at radius 2 is 1.85 bits per heavy atom. The van der Waals surface area contributed by atoms with Crippen molar-refractivity contribution in [3.05, 3.63) is 53.3 Å². The maximum Gasteiger partial charge on any atom is 0.319 e. The lowest BCUT2D eigenvalue weighted by atomic mass is 10.2. The number of carbonyl (C=O) groups is 1. The van der Waals surface area contributed by atoms with Gasteiger partial charge in [-0.05, 0) is 12.1 Å². The van der Waals surface area contributed by atoms with E-state index < -0.39 is 0 Å². The Bertz CT molecular complexity index is 1260. The molecule has 2 amide bonds. The molecule has 0 aliphatic carbocycles. The zero-order valence-corrected chi connectivity index (χ0v) is 19.0. The van der Waals surface area contributed by atoms with Crippen molar-refractivity contribution in [3.8, 4) is 28.6 Å². The van der Waals surface area contributed by atoms with Crippen molar-refractivity contribution in [2.45, 2.75) is 6.42 Å². The fourth-order valence-corrected chi connectivity index (χ4v) is 4.14. The highest BCUT2D eigenvalue weighted by Crippen LogP contribution is 2.39. The largest absolute Gasteiger partial charge is 0.493 e. The number of ether oxygens (including phenoxy) is 3. The van der Waals surface area contributed by atoms with E-state index in [1.54, 1.807) is 34.8 Å². The summed E-state index contributed by atoms with van der Waals surface area (Å²) in [6.45, 7) is 0.358. The Hall–Kier alpha value is -3.86. The molecular formula is C22H22FN5O4S. The SMILES string of the molecule is COc1cc(NC(=O)NCCc2csc3nc(-c4ccccc4F)nn23)cc(OC)c1OC. The van der Waals surface area contributed by atoms with E-state index in [4.69, 9.17) is 14.2 Å². The minimum absolute atomic E-state index is 0.328. The number of anilines is 1. The van der Waals surface area contributed by atoms with Crippen molar-refractivity contribution < 1.29 is 23.4 Å². The number of nitrogens with zero attached hydrogens (tertiary/aromatic N) is 3. The zero-order chi connectivity index (χ0) is 23.4. The third-order valence-electron chi connectivity index (χ3n) is 4.85. The number of urea groups is 1. The van der Waals surface area contributed by atoms with Crippen LogP contribution in [0, 0.1) is 5.82 Å². The molecule has 9 nitrogen and oxygen atoms in total. The number of rotatable bonds is 8. The zero-order valence-electron chi connectivity index (χ0n) is 18.2. The highest BCUT2D eigenvalue weighted by Gasteiger charge is 2.16. The summed E-state index contributed by atoms with van der Waals surface area (Å²) >= 11 is 1.41. The van der Waals surface area contributed by atoms with Crippen molar-refractivity contribution in [2.24, 2.45) is 0 Å². The van der Waals surface area contributed by atoms with E-state index in [-0.39, 0.29) is 11.8 Å². The summed E-state index contributed by atoms with van der Waals surface area (Å²) in [7, 11) is 4.52. The molecule has 0 atom stereocenters. The third kappa shape index (κ3) is 4.67. The summed E-state index contributed by atoms with van der Waals surface area (Å²) in [5, 5.41) is 11.9. The van der Waals surface area contributed by atoms with E-state index in [1.165, 1.54) is 38.7 Å². The van der Waals surface area contributed by atoms with Crippen molar-refractivity contribution >= 4 is 28.0 Å². The van der Waals surface area contributed by atoms with Crippen LogP contribution < -0.4 is 24.8 Å². The molecule has 0 aliphatic rings. The average molecular weight is 472 g/mol. The molecule has 0 saturated heterocycles. The second-order valence-corrected chi connectivity index (χ2v) is 7.72. The first-order valence-corrected chi connectivity index (χ1v) is 10.8. The van der Waals surface area contributed by atoms with Gasteiger partial charge in [0.05, 0.1) is 38.3 Å². The number of carbonyl (C=O) groups excluding carboxylic acids is 1. The molecule has 0 fully saturated rings. The van der Waals surface area contributed by atoms with Gasteiger partial charge < -0.3 is 24.8 Å². The van der Waals surface area contributed by atoms with E-state index in [0.717, 1.165) is 5.69 Å². The van der Waals surface area contributed by atoms with Gasteiger partial charge in [0.15, 0.2) is 17.3 Å². The quantitative estimate of drug-likeness (QED) is 0.403. The number of hydrogen-bond donors (Lipinski definition) is 2. The maximum atomic E-state index is 14.1. The predicted octanol–water partition coefficient (Wildman–Crippen LogP) is 3.99. The highest BCUT2D eigenvalue weighted by molar-refractivity contribution is 7.15. The van der Waals surface area contributed by atoms with E-state index in [0.29, 0.717) is 52.3 Å². The van der Waals surface area contributed by atoms with Crippen LogP contribution in [0.2, 0.25) is 0 Å². The predicted molar refractivity (Wildman–Crippen MR) is 123 cm³/mol. The Labute approximate surface area is 193 Å². The minimum atomic E-state index is -0.388. The summed E-state index contributed by atoms with van der Waals surface area (Å²) in [5.74, 6) is 1.26. The number of hydrogen-bond acceptors (Lipinski definition) is 7. The number of fused-ring (bicyclic) bond motifs is 1. The van der Waals surface area contributed by atoms with Gasteiger partial charge in [-0.25, -0.2) is 13.7 Å². The summed E-state index contributed by atoms with van der Waals surface area (Å²) in [5.41, 5.74) is 1.70. The van der Waals surface area contributed by atoms with Gasteiger partial charge in [0.25, 0.3) is 0 Å². The van der Waals surface area contributed by atoms with E-state index >= 15 is 0 Å². The molecule has 2 heterocycles. The fraction of sp³-hybridized carbons (Fsp3) is 0.227. The average Bonchev–Trinajstić information content (AvgIpc) is 3.40. The molecule has 0 aliphatic heterocycles. The number of thiazole rings is 1. The molecule has 0 radical (unpaired) electrons. The van der Waals surface area contributed by atoms with Crippen molar-refractivity contribution in [1.82, 2.24) is 19.9 Å². The first-order valence-electron chi connectivity index (χ1n) is 9.97. The van der Waals surface area contributed by atoms with Crippen LogP contribution in [0.3, 0.4) is 0 Å². The first kappa shape index (κ1) is 22.3. The summed E-state index contributed by atoms with van der Waals surface area (Å²) < 4.78 is 31.6. The Morgan fingerprint density at radius 3 is 2.52 bits per heavy atom. The van der Waals surface area contributed by atoms with Crippen LogP contribution >= 0.6 is 11.3 Å². The molecule has 2 aromatic heterocycles. The monoisotopic (exact) mass is 471 g/mol. The van der Waals surface area contributed by atoms with Crippen molar-refractivity contribution in [2.75, 3.05) is 33.2 Å². The normalized spacial score (nSPS) is 10.8. The topological polar surface area (TPSA) is 99.0 Å². The number of benzene rings is 2. The Kier molecular flexibility index (Phi) is 6.59. The van der Waals surface area contributed by atoms with Crippen LogP contribution in [-0.2, 0) is 6.42 Å². The molecule has 2 N–H and O–H groups in total. The molecule has 0 spiro atoms. The second-order valence-electron chi connectivity index (χ2n) is 6.88. The molecule has 0 unspecified atom stereocenters. The molecule has 2 aromatic carbocycles. The van der Waals surface area contributed by atoms with E-state index in [2.05, 4.69) is 20.7 Å². The number of nitrogens with one attached hydrogen (secondary N) is 2. The molecule has 4 rings (SSSR count). The Balaban J connectivity index is 1.40. The molecule has 33 heavy (non-hydrogen) atoms. The number of aromatic nitrogens is 3. The third-order valence-corrected chi connectivity index (χ3v) is 5.72. The van der Waals surface area contributed by atoms with Gasteiger partial charge in [-0.3, -0.25) is 0 Å². The molecule has 0 saturated carbocycles. The van der Waals surface area contributed by atoms with Gasteiger partial charge in [-0.2, -0.15) is 4.98 Å². The van der Waals surface area contributed by atoms with Gasteiger partial charge in [0, 0.05) is 30.5 Å². The molecule has 0 bridgehead atoms. The van der Waals surface area contributed by atoms with Gasteiger partial charge >= 0.3 is 6.03 Å². The van der Waals surface area contributed by atoms with Crippen molar-refractivity contribution in [3.63, 3.8) is 0 Å². The summed E-state index contributed by atoms with van der Waals surface area (Å²) in [6, 6.07) is 9.28. The lowest BCUT2D eigenvalue weighted by molar-refractivity contribution is 0.252. The van der Waals surface area contributed by atoms with Gasteiger partial charge in [0.2, 0.25) is 10.7 Å². The molecule has 11 heteroatoms. The Morgan fingerprint density at radius 1 is 1.12 bits per heavy atom. The number of methoxy groups -OCH3 is 3. The summed E-state index contributed by atoms with van der Waals surface area (Å²) in [6.07, 6.45) is 0.517. The van der Waals surface area contributed by atoms with Gasteiger partial charge in [-0.1, -0.05) is 12.1 Å².